The lowest BCUT2D eigenvalue weighted by Crippen LogP contribution is -2.46. The highest BCUT2D eigenvalue weighted by molar-refractivity contribution is 5.94. The van der Waals surface area contributed by atoms with E-state index in [1.807, 2.05) is 47.4 Å². The summed E-state index contributed by atoms with van der Waals surface area (Å²) in [6.07, 6.45) is 1.72. The molecule has 1 aromatic heterocycles. The van der Waals surface area contributed by atoms with E-state index >= 15 is 0 Å². The molecule has 0 saturated carbocycles. The largest absolute Gasteiger partial charge is 0.336 e. The molecule has 3 rings (SSSR count). The van der Waals surface area contributed by atoms with Crippen LogP contribution >= 0.6 is 0 Å². The SMILES string of the molecule is O=C(c1cccc(C#Cc2ccccn2)c1)N1CCNCC1. The van der Waals surface area contributed by atoms with Gasteiger partial charge in [0, 0.05) is 43.5 Å². The molecule has 1 amide bonds. The van der Waals surface area contributed by atoms with Crippen molar-refractivity contribution in [2.24, 2.45) is 0 Å². The van der Waals surface area contributed by atoms with Gasteiger partial charge < -0.3 is 10.2 Å². The van der Waals surface area contributed by atoms with Gasteiger partial charge in [-0.3, -0.25) is 4.79 Å². The van der Waals surface area contributed by atoms with Crippen molar-refractivity contribution in [1.82, 2.24) is 15.2 Å². The van der Waals surface area contributed by atoms with E-state index in [0.717, 1.165) is 37.4 Å². The Balaban J connectivity index is 1.78. The number of carbonyl (C=O) groups excluding carboxylic acids is 1. The molecule has 4 heteroatoms. The van der Waals surface area contributed by atoms with Crippen LogP contribution in [0.3, 0.4) is 0 Å². The number of carbonyl (C=O) groups is 1. The van der Waals surface area contributed by atoms with Gasteiger partial charge in [-0.2, -0.15) is 0 Å². The maximum Gasteiger partial charge on any atom is 0.253 e. The van der Waals surface area contributed by atoms with Crippen LogP contribution in [0.15, 0.2) is 48.7 Å². The number of piperazine rings is 1. The van der Waals surface area contributed by atoms with Crippen LogP contribution in [0.4, 0.5) is 0 Å². The molecule has 1 aromatic carbocycles. The lowest BCUT2D eigenvalue weighted by atomic mass is 10.1. The molecule has 2 heterocycles. The maximum atomic E-state index is 12.5. The summed E-state index contributed by atoms with van der Waals surface area (Å²) in [6.45, 7) is 3.21. The van der Waals surface area contributed by atoms with Gasteiger partial charge in [0.1, 0.15) is 5.69 Å². The molecular weight excluding hydrogens is 274 g/mol. The highest BCUT2D eigenvalue weighted by Gasteiger charge is 2.17. The van der Waals surface area contributed by atoms with Gasteiger partial charge in [-0.1, -0.05) is 18.1 Å². The molecule has 0 aliphatic carbocycles. The zero-order valence-corrected chi connectivity index (χ0v) is 12.2. The molecule has 22 heavy (non-hydrogen) atoms. The van der Waals surface area contributed by atoms with E-state index in [1.54, 1.807) is 6.20 Å². The van der Waals surface area contributed by atoms with Crippen LogP contribution in [-0.4, -0.2) is 42.0 Å². The van der Waals surface area contributed by atoms with E-state index in [0.29, 0.717) is 5.56 Å². The van der Waals surface area contributed by atoms with E-state index in [1.165, 1.54) is 0 Å². The smallest absolute Gasteiger partial charge is 0.253 e. The summed E-state index contributed by atoms with van der Waals surface area (Å²) in [5, 5.41) is 3.25. The average Bonchev–Trinajstić information content (AvgIpc) is 2.61. The highest BCUT2D eigenvalue weighted by Crippen LogP contribution is 2.09. The first-order valence-corrected chi connectivity index (χ1v) is 7.36. The third kappa shape index (κ3) is 3.51. The Bertz CT molecular complexity index is 710. The van der Waals surface area contributed by atoms with Gasteiger partial charge in [-0.05, 0) is 36.3 Å². The Hall–Kier alpha value is -2.64. The first-order valence-electron chi connectivity index (χ1n) is 7.36. The minimum Gasteiger partial charge on any atom is -0.336 e. The number of hydrogen-bond acceptors (Lipinski definition) is 3. The number of hydrogen-bond donors (Lipinski definition) is 1. The van der Waals surface area contributed by atoms with E-state index in [-0.39, 0.29) is 5.91 Å². The number of amides is 1. The van der Waals surface area contributed by atoms with Gasteiger partial charge in [0.15, 0.2) is 0 Å². The minimum atomic E-state index is 0.0722. The number of benzene rings is 1. The summed E-state index contributed by atoms with van der Waals surface area (Å²) < 4.78 is 0. The molecule has 1 aliphatic rings. The third-order valence-corrected chi connectivity index (χ3v) is 3.51. The van der Waals surface area contributed by atoms with Gasteiger partial charge >= 0.3 is 0 Å². The second kappa shape index (κ2) is 6.88. The summed E-state index contributed by atoms with van der Waals surface area (Å²) >= 11 is 0. The van der Waals surface area contributed by atoms with Crippen molar-refractivity contribution >= 4 is 5.91 Å². The summed E-state index contributed by atoms with van der Waals surface area (Å²) in [7, 11) is 0. The molecule has 1 aliphatic heterocycles. The Morgan fingerprint density at radius 1 is 1.09 bits per heavy atom. The zero-order valence-electron chi connectivity index (χ0n) is 12.2. The standard InChI is InChI=1S/C18H17N3O/c22-18(21-12-10-19-11-13-21)16-5-3-4-15(14-16)7-8-17-6-1-2-9-20-17/h1-6,9,14,19H,10-13H2. The number of rotatable bonds is 1. The van der Waals surface area contributed by atoms with Crippen LogP contribution in [0.25, 0.3) is 0 Å². The van der Waals surface area contributed by atoms with Crippen LogP contribution in [0.2, 0.25) is 0 Å². The van der Waals surface area contributed by atoms with Crippen molar-refractivity contribution in [1.29, 1.82) is 0 Å². The Labute approximate surface area is 130 Å². The zero-order chi connectivity index (χ0) is 15.2. The van der Waals surface area contributed by atoms with Crippen LogP contribution < -0.4 is 5.32 Å². The van der Waals surface area contributed by atoms with Crippen molar-refractivity contribution in [3.63, 3.8) is 0 Å². The first-order chi connectivity index (χ1) is 10.8. The molecule has 0 atom stereocenters. The fraction of sp³-hybridized carbons (Fsp3) is 0.222. The normalized spacial score (nSPS) is 14.1. The molecule has 0 spiro atoms. The van der Waals surface area contributed by atoms with Crippen molar-refractivity contribution in [2.45, 2.75) is 0 Å². The van der Waals surface area contributed by atoms with Gasteiger partial charge in [0.2, 0.25) is 0 Å². The van der Waals surface area contributed by atoms with Crippen LogP contribution in [0.1, 0.15) is 21.6 Å². The molecule has 2 aromatic rings. The average molecular weight is 291 g/mol. The quantitative estimate of drug-likeness (QED) is 0.810. The predicted molar refractivity (Wildman–Crippen MR) is 85.4 cm³/mol. The maximum absolute atomic E-state index is 12.5. The highest BCUT2D eigenvalue weighted by atomic mass is 16.2. The fourth-order valence-corrected chi connectivity index (χ4v) is 2.35. The van der Waals surface area contributed by atoms with Gasteiger partial charge in [0.05, 0.1) is 0 Å². The summed E-state index contributed by atoms with van der Waals surface area (Å²) in [5.74, 6) is 6.15. The van der Waals surface area contributed by atoms with E-state index in [2.05, 4.69) is 22.1 Å². The van der Waals surface area contributed by atoms with Gasteiger partial charge in [-0.25, -0.2) is 4.98 Å². The lowest BCUT2D eigenvalue weighted by molar-refractivity contribution is 0.0736. The first kappa shape index (κ1) is 14.3. The Morgan fingerprint density at radius 2 is 1.95 bits per heavy atom. The fourth-order valence-electron chi connectivity index (χ4n) is 2.35. The van der Waals surface area contributed by atoms with Crippen molar-refractivity contribution in [3.8, 4) is 11.8 Å². The van der Waals surface area contributed by atoms with Crippen molar-refractivity contribution < 1.29 is 4.79 Å². The predicted octanol–water partition coefficient (Wildman–Crippen LogP) is 1.53. The van der Waals surface area contributed by atoms with Crippen LogP contribution in [-0.2, 0) is 0 Å². The van der Waals surface area contributed by atoms with Crippen LogP contribution in [0, 0.1) is 11.8 Å². The van der Waals surface area contributed by atoms with Gasteiger partial charge in [-0.15, -0.1) is 0 Å². The minimum absolute atomic E-state index is 0.0722. The summed E-state index contributed by atoms with van der Waals surface area (Å²) in [4.78, 5) is 18.5. The van der Waals surface area contributed by atoms with Crippen molar-refractivity contribution in [2.75, 3.05) is 26.2 Å². The molecule has 4 nitrogen and oxygen atoms in total. The number of aromatic nitrogens is 1. The molecule has 0 unspecified atom stereocenters. The lowest BCUT2D eigenvalue weighted by Gasteiger charge is -2.27. The molecule has 1 N–H and O–H groups in total. The van der Waals surface area contributed by atoms with E-state index in [9.17, 15) is 4.79 Å². The monoisotopic (exact) mass is 291 g/mol. The van der Waals surface area contributed by atoms with E-state index < -0.39 is 0 Å². The molecule has 0 radical (unpaired) electrons. The van der Waals surface area contributed by atoms with Gasteiger partial charge in [0.25, 0.3) is 5.91 Å². The second-order valence-corrected chi connectivity index (χ2v) is 5.09. The number of nitrogens with zero attached hydrogens (tertiary/aromatic N) is 2. The summed E-state index contributed by atoms with van der Waals surface area (Å²) in [5.41, 5.74) is 2.24. The topological polar surface area (TPSA) is 45.2 Å². The molecule has 1 fully saturated rings. The molecule has 0 bridgehead atoms. The molecule has 110 valence electrons. The van der Waals surface area contributed by atoms with E-state index in [4.69, 9.17) is 0 Å². The number of pyridine rings is 1. The second-order valence-electron chi connectivity index (χ2n) is 5.09. The molecular formula is C18H17N3O. The van der Waals surface area contributed by atoms with Crippen LogP contribution in [0.5, 0.6) is 0 Å². The summed E-state index contributed by atoms with van der Waals surface area (Å²) in [6, 6.07) is 13.1. The number of nitrogens with one attached hydrogen (secondary N) is 1. The Kier molecular flexibility index (Phi) is 4.47. The third-order valence-electron chi connectivity index (χ3n) is 3.51. The van der Waals surface area contributed by atoms with Crippen molar-refractivity contribution in [3.05, 3.63) is 65.5 Å². The Morgan fingerprint density at radius 3 is 2.73 bits per heavy atom. The molecule has 1 saturated heterocycles.